The molecule has 0 saturated heterocycles. The number of hydrogen-bond acceptors (Lipinski definition) is 6. The van der Waals surface area contributed by atoms with Gasteiger partial charge in [0.25, 0.3) is 0 Å². The summed E-state index contributed by atoms with van der Waals surface area (Å²) in [5.41, 5.74) is 26.3. The molecule has 13 aromatic rings. The molecule has 0 amide bonds. The molecule has 2 aliphatic heterocycles. The molecule has 1 aliphatic carbocycles. The van der Waals surface area contributed by atoms with Gasteiger partial charge in [0.1, 0.15) is 22.3 Å². The van der Waals surface area contributed by atoms with E-state index >= 15 is 0 Å². The van der Waals surface area contributed by atoms with E-state index in [0.717, 1.165) is 108 Å². The van der Waals surface area contributed by atoms with Crippen molar-refractivity contribution in [3.63, 3.8) is 0 Å². The minimum Gasteiger partial charge on any atom is -0.456 e. The summed E-state index contributed by atoms with van der Waals surface area (Å²) in [7, 11) is 0. The first kappa shape index (κ1) is 59.3. The van der Waals surface area contributed by atoms with Gasteiger partial charge in [-0.15, -0.1) is 11.3 Å². The van der Waals surface area contributed by atoms with Gasteiger partial charge in [0.15, 0.2) is 0 Å². The largest absolute Gasteiger partial charge is 0.456 e. The second kappa shape index (κ2) is 20.4. The Kier molecular flexibility index (Phi) is 13.0. The highest BCUT2D eigenvalue weighted by molar-refractivity contribution is 7.32. The summed E-state index contributed by atoms with van der Waals surface area (Å²) in [6.45, 7) is 37.2. The van der Waals surface area contributed by atoms with Crippen LogP contribution in [-0.2, 0) is 32.5 Å². The third kappa shape index (κ3) is 9.44. The first-order valence-corrected chi connectivity index (χ1v) is 34.4. The van der Waals surface area contributed by atoms with Gasteiger partial charge in [0.05, 0.1) is 11.4 Å². The summed E-state index contributed by atoms with van der Waals surface area (Å²) in [5, 5.41) is 5.61. The number of rotatable bonds is 6. The zero-order valence-electron chi connectivity index (χ0n) is 57.0. The summed E-state index contributed by atoms with van der Waals surface area (Å²) < 4.78 is 17.4. The summed E-state index contributed by atoms with van der Waals surface area (Å²) in [4.78, 5) is 7.75. The van der Waals surface area contributed by atoms with E-state index in [0.29, 0.717) is 0 Å². The average molecular weight is 1230 g/mol. The highest BCUT2D eigenvalue weighted by Gasteiger charge is 2.50. The fraction of sp³-hybridized carbons (Fsp3) is 0.279. The molecule has 7 heteroatoms. The van der Waals surface area contributed by atoms with Crippen molar-refractivity contribution in [2.45, 2.75) is 156 Å². The van der Waals surface area contributed by atoms with Crippen LogP contribution in [0.25, 0.3) is 76.2 Å². The fourth-order valence-electron chi connectivity index (χ4n) is 15.5. The Morgan fingerprint density at radius 3 is 1.60 bits per heavy atom. The first-order valence-electron chi connectivity index (χ1n) is 33.6. The Bertz CT molecular complexity index is 5130. The molecule has 464 valence electrons. The molecule has 0 spiro atoms. The van der Waals surface area contributed by atoms with Crippen LogP contribution in [0.2, 0.25) is 0 Å². The van der Waals surface area contributed by atoms with Crippen LogP contribution in [-0.4, -0.2) is 6.85 Å². The molecular formula is C86H84BN3O2S. The van der Waals surface area contributed by atoms with Crippen molar-refractivity contribution in [1.82, 2.24) is 0 Å². The molecule has 3 aromatic heterocycles. The van der Waals surface area contributed by atoms with E-state index in [4.69, 9.17) is 8.83 Å². The number of furan rings is 2. The van der Waals surface area contributed by atoms with Gasteiger partial charge in [-0.1, -0.05) is 202 Å². The monoisotopic (exact) mass is 1230 g/mol. The van der Waals surface area contributed by atoms with E-state index in [2.05, 4.69) is 320 Å². The molecule has 0 radical (unpaired) electrons. The van der Waals surface area contributed by atoms with E-state index in [1.54, 1.807) is 0 Å². The first-order chi connectivity index (χ1) is 44.1. The molecule has 0 atom stereocenters. The van der Waals surface area contributed by atoms with E-state index in [-0.39, 0.29) is 39.3 Å². The third-order valence-corrected chi connectivity index (χ3v) is 22.3. The molecular weight excluding hydrogens is 1150 g/mol. The Labute approximate surface area is 553 Å². The van der Waals surface area contributed by atoms with Gasteiger partial charge in [0, 0.05) is 99.4 Å². The van der Waals surface area contributed by atoms with Gasteiger partial charge in [-0.25, -0.2) is 0 Å². The Morgan fingerprint density at radius 1 is 0.430 bits per heavy atom. The fourth-order valence-corrected chi connectivity index (χ4v) is 16.8. The van der Waals surface area contributed by atoms with Gasteiger partial charge in [0.2, 0.25) is 0 Å². The summed E-state index contributed by atoms with van der Waals surface area (Å²) >= 11 is 1.98. The van der Waals surface area contributed by atoms with Crippen LogP contribution in [0.3, 0.4) is 0 Å². The molecule has 0 unspecified atom stereocenters. The molecule has 5 nitrogen and oxygen atoms in total. The molecule has 0 bridgehead atoms. The van der Waals surface area contributed by atoms with Crippen LogP contribution >= 0.6 is 11.3 Å². The molecule has 16 rings (SSSR count). The van der Waals surface area contributed by atoms with Crippen LogP contribution < -0.4 is 24.9 Å². The Balaban J connectivity index is 1.01. The Morgan fingerprint density at radius 2 is 0.978 bits per heavy atom. The van der Waals surface area contributed by atoms with Crippen molar-refractivity contribution in [3.05, 3.63) is 228 Å². The zero-order chi connectivity index (χ0) is 64.8. The zero-order valence-corrected chi connectivity index (χ0v) is 57.8. The van der Waals surface area contributed by atoms with Gasteiger partial charge < -0.3 is 23.4 Å². The van der Waals surface area contributed by atoms with E-state index in [1.807, 2.05) is 11.3 Å². The molecule has 3 aliphatic rings. The van der Waals surface area contributed by atoms with E-state index < -0.39 is 0 Å². The predicted octanol–water partition coefficient (Wildman–Crippen LogP) is 24.1. The van der Waals surface area contributed by atoms with Crippen LogP contribution in [0.4, 0.5) is 45.5 Å². The SMILES string of the molecule is CC(C)(C)c1ccc(N2B3c4sc5cc6c(cc5c4N(c4ccc(C(C)(C)C)cc4-c4ccccc4)c4cc5c(oc7ccccc75)c(c43)-c3cc4c(cc32)oc2cc(N(c3ccc(C(C)(C)C)cc3)c3ccc(C(C)(C)C)cc3)ccc24)C(C)(C)CCC6(C)C)cc1. The van der Waals surface area contributed by atoms with Crippen molar-refractivity contribution in [1.29, 1.82) is 0 Å². The maximum Gasteiger partial charge on any atom is 0.343 e. The smallest absolute Gasteiger partial charge is 0.343 e. The molecule has 0 N–H and O–H groups in total. The number of thiophene rings is 1. The summed E-state index contributed by atoms with van der Waals surface area (Å²) in [6, 6.07) is 74.1. The molecule has 0 fully saturated rings. The van der Waals surface area contributed by atoms with Crippen LogP contribution in [0, 0.1) is 0 Å². The number of nitrogens with zero attached hydrogens (tertiary/aromatic N) is 3. The number of para-hydroxylation sites is 1. The minimum absolute atomic E-state index is 0.0130. The van der Waals surface area contributed by atoms with Crippen molar-refractivity contribution in [2.75, 3.05) is 14.6 Å². The molecule has 93 heavy (non-hydrogen) atoms. The summed E-state index contributed by atoms with van der Waals surface area (Å²) in [5.74, 6) is 0. The van der Waals surface area contributed by atoms with Gasteiger partial charge in [-0.05, 0) is 181 Å². The maximum absolute atomic E-state index is 7.42. The lowest BCUT2D eigenvalue weighted by molar-refractivity contribution is 0.332. The number of benzene rings is 10. The van der Waals surface area contributed by atoms with E-state index in [1.165, 1.54) is 70.5 Å². The lowest BCUT2D eigenvalue weighted by Crippen LogP contribution is -2.60. The molecule has 10 aromatic carbocycles. The standard InChI is InChI=1S/C86H84BN3O2S/c1-81(2,3)52-26-33-56(34-27-52)88(57-35-28-53(29-36-57)82(4,5)6)59-39-40-61-63-46-65-70(50-74(63)91-73(61)45-59)90(58-37-30-54(31-38-58)83(7,8)9)87-77-71(48-64-60-24-20-21-25-72(60)92-79(64)76(65)77)89(69-41-32-55(84(10,11)12)44-62(69)51-22-18-17-19-23-51)78-66-47-67-68(49-75(66)93-80(78)87)86(15,16)43-42-85(67,13)14/h17-41,44-50H,42-43H2,1-16H3. The summed E-state index contributed by atoms with van der Waals surface area (Å²) in [6.07, 6.45) is 2.27. The Hall–Kier alpha value is -8.78. The molecule has 5 heterocycles. The second-order valence-electron chi connectivity index (χ2n) is 32.5. The second-order valence-corrected chi connectivity index (χ2v) is 33.5. The van der Waals surface area contributed by atoms with Crippen molar-refractivity contribution in [3.8, 4) is 22.3 Å². The highest BCUT2D eigenvalue weighted by Crippen LogP contribution is 2.57. The van der Waals surface area contributed by atoms with Gasteiger partial charge in [-0.3, -0.25) is 0 Å². The van der Waals surface area contributed by atoms with Gasteiger partial charge in [-0.2, -0.15) is 0 Å². The van der Waals surface area contributed by atoms with E-state index in [9.17, 15) is 0 Å². The maximum atomic E-state index is 7.42. The topological polar surface area (TPSA) is 36.0 Å². The van der Waals surface area contributed by atoms with Crippen LogP contribution in [0.5, 0.6) is 0 Å². The quantitative estimate of drug-likeness (QED) is 0.155. The number of fused-ring (bicyclic) bond motifs is 14. The number of hydrogen-bond donors (Lipinski definition) is 0. The van der Waals surface area contributed by atoms with Crippen molar-refractivity contribution >= 4 is 128 Å². The highest BCUT2D eigenvalue weighted by atomic mass is 32.1. The van der Waals surface area contributed by atoms with Crippen LogP contribution in [0.1, 0.15) is 157 Å². The lowest BCUT2D eigenvalue weighted by atomic mass is 9.46. The average Bonchev–Trinajstić information content (AvgIpc) is 1.66. The van der Waals surface area contributed by atoms with Gasteiger partial charge >= 0.3 is 6.85 Å². The molecule has 0 saturated carbocycles. The van der Waals surface area contributed by atoms with Crippen LogP contribution in [0.15, 0.2) is 203 Å². The predicted molar refractivity (Wildman–Crippen MR) is 400 cm³/mol. The minimum atomic E-state index is -0.271. The van der Waals surface area contributed by atoms with Crippen molar-refractivity contribution in [2.24, 2.45) is 0 Å². The normalized spacial score (nSPS) is 15.3. The third-order valence-electron chi connectivity index (χ3n) is 21.1. The lowest BCUT2D eigenvalue weighted by Gasteiger charge is -2.45. The number of anilines is 8. The van der Waals surface area contributed by atoms with Crippen molar-refractivity contribution < 1.29 is 8.83 Å².